The van der Waals surface area contributed by atoms with Crippen LogP contribution < -0.4 is 0 Å². The molecule has 1 aliphatic heterocycles. The highest BCUT2D eigenvalue weighted by Gasteiger charge is 2.44. The van der Waals surface area contributed by atoms with Crippen LogP contribution in [0.4, 0.5) is 0 Å². The van der Waals surface area contributed by atoms with E-state index in [1.165, 1.54) is 0 Å². The fourth-order valence-corrected chi connectivity index (χ4v) is 3.02. The molecule has 0 aromatic heterocycles. The number of carbonyl (C=O) groups excluding carboxylic acids is 1. The summed E-state index contributed by atoms with van der Waals surface area (Å²) in [5.74, 6) is 0.518. The molecule has 1 saturated heterocycles. The van der Waals surface area contributed by atoms with E-state index >= 15 is 0 Å². The summed E-state index contributed by atoms with van der Waals surface area (Å²) in [5, 5.41) is 38.5. The second kappa shape index (κ2) is 7.83. The molecular weight excluding hydrogens is 304 g/mol. The second-order valence-corrected chi connectivity index (χ2v) is 6.54. The maximum absolute atomic E-state index is 12.1. The highest BCUT2D eigenvalue weighted by atomic mass is 16.7. The Kier molecular flexibility index (Phi) is 6.30. The summed E-state index contributed by atoms with van der Waals surface area (Å²) >= 11 is 0. The van der Waals surface area contributed by atoms with E-state index in [1.54, 1.807) is 6.92 Å². The fraction of sp³-hybridized carbons (Fsp3) is 0.812. The summed E-state index contributed by atoms with van der Waals surface area (Å²) in [6.07, 6.45) is -4.25. The van der Waals surface area contributed by atoms with E-state index in [-0.39, 0.29) is 12.4 Å². The molecule has 2 fully saturated rings. The van der Waals surface area contributed by atoms with Gasteiger partial charge >= 0.3 is 0 Å². The standard InChI is InChI=1S/C16H26O7/c1-8-3-4-10(11(18)5-8)9(2)7-22-16-15(21)14(20)13(19)12(6-17)23-16/h8,12-17,19-21H,3-7H2,1-2H3/b10-9+. The summed E-state index contributed by atoms with van der Waals surface area (Å²) < 4.78 is 10.7. The number of ketones is 1. The average Bonchev–Trinajstić information content (AvgIpc) is 2.51. The van der Waals surface area contributed by atoms with Gasteiger partial charge in [-0.3, -0.25) is 4.79 Å². The molecule has 1 heterocycles. The van der Waals surface area contributed by atoms with Crippen molar-refractivity contribution >= 4 is 5.78 Å². The zero-order valence-electron chi connectivity index (χ0n) is 13.5. The summed E-state index contributed by atoms with van der Waals surface area (Å²) in [4.78, 5) is 12.1. The van der Waals surface area contributed by atoms with Crippen LogP contribution in [0.1, 0.15) is 33.1 Å². The summed E-state index contributed by atoms with van der Waals surface area (Å²) in [6.45, 7) is 3.43. The van der Waals surface area contributed by atoms with E-state index in [1.807, 2.05) is 0 Å². The van der Waals surface area contributed by atoms with Gasteiger partial charge in [-0.1, -0.05) is 6.92 Å². The summed E-state index contributed by atoms with van der Waals surface area (Å²) in [7, 11) is 0. The molecule has 0 spiro atoms. The number of carbonyl (C=O) groups is 1. The fourth-order valence-electron chi connectivity index (χ4n) is 3.02. The van der Waals surface area contributed by atoms with Crippen LogP contribution in [-0.2, 0) is 14.3 Å². The van der Waals surface area contributed by atoms with Crippen LogP contribution in [0.15, 0.2) is 11.1 Å². The molecule has 4 N–H and O–H groups in total. The van der Waals surface area contributed by atoms with Gasteiger partial charge in [0.05, 0.1) is 13.2 Å². The highest BCUT2D eigenvalue weighted by molar-refractivity contribution is 5.96. The second-order valence-electron chi connectivity index (χ2n) is 6.54. The van der Waals surface area contributed by atoms with Gasteiger partial charge < -0.3 is 29.9 Å². The predicted molar refractivity (Wildman–Crippen MR) is 80.4 cm³/mol. The Morgan fingerprint density at radius 2 is 1.96 bits per heavy atom. The normalized spacial score (nSPS) is 41.0. The number of rotatable bonds is 4. The smallest absolute Gasteiger partial charge is 0.187 e. The number of aliphatic hydroxyl groups excluding tert-OH is 4. The van der Waals surface area contributed by atoms with Crippen molar-refractivity contribution in [3.8, 4) is 0 Å². The molecule has 0 amide bonds. The van der Waals surface area contributed by atoms with Gasteiger partial charge in [0.15, 0.2) is 12.1 Å². The average molecular weight is 330 g/mol. The topological polar surface area (TPSA) is 116 Å². The Hall–Kier alpha value is -0.830. The molecular formula is C16H26O7. The maximum atomic E-state index is 12.1. The van der Waals surface area contributed by atoms with Gasteiger partial charge in [0.25, 0.3) is 0 Å². The SMILES string of the molecule is C/C(COC1OC(CO)C(O)C(O)C1O)=C1/CCC(C)CC1=O. The first-order chi connectivity index (χ1) is 10.8. The lowest BCUT2D eigenvalue weighted by atomic mass is 9.84. The van der Waals surface area contributed by atoms with Crippen LogP contribution in [-0.4, -0.2) is 70.1 Å². The van der Waals surface area contributed by atoms with Crippen molar-refractivity contribution in [1.29, 1.82) is 0 Å². The van der Waals surface area contributed by atoms with Gasteiger partial charge in [0.2, 0.25) is 0 Å². The van der Waals surface area contributed by atoms with Crippen molar-refractivity contribution < 1.29 is 34.7 Å². The van der Waals surface area contributed by atoms with Crippen LogP contribution >= 0.6 is 0 Å². The molecule has 7 nitrogen and oxygen atoms in total. The lowest BCUT2D eigenvalue weighted by Crippen LogP contribution is -2.59. The molecule has 0 bridgehead atoms. The Labute approximate surface area is 135 Å². The largest absolute Gasteiger partial charge is 0.394 e. The number of aliphatic hydroxyl groups is 4. The van der Waals surface area contributed by atoms with Gasteiger partial charge in [0, 0.05) is 6.42 Å². The molecule has 0 aromatic rings. The van der Waals surface area contributed by atoms with Crippen molar-refractivity contribution in [2.75, 3.05) is 13.2 Å². The molecule has 1 saturated carbocycles. The van der Waals surface area contributed by atoms with E-state index in [0.29, 0.717) is 18.8 Å². The number of hydrogen-bond donors (Lipinski definition) is 4. The minimum absolute atomic E-state index is 0.0815. The third kappa shape index (κ3) is 4.17. The molecule has 0 radical (unpaired) electrons. The van der Waals surface area contributed by atoms with Crippen LogP contribution in [0.3, 0.4) is 0 Å². The highest BCUT2D eigenvalue weighted by Crippen LogP contribution is 2.28. The Morgan fingerprint density at radius 3 is 2.57 bits per heavy atom. The van der Waals surface area contributed by atoms with Crippen LogP contribution in [0.5, 0.6) is 0 Å². The number of allylic oxidation sites excluding steroid dienone is 1. The van der Waals surface area contributed by atoms with Crippen molar-refractivity contribution in [3.63, 3.8) is 0 Å². The van der Waals surface area contributed by atoms with Crippen LogP contribution in [0.25, 0.3) is 0 Å². The molecule has 7 heteroatoms. The first-order valence-corrected chi connectivity index (χ1v) is 7.99. The quantitative estimate of drug-likeness (QED) is 0.514. The van der Waals surface area contributed by atoms with E-state index in [0.717, 1.165) is 17.6 Å². The third-order valence-electron chi connectivity index (χ3n) is 4.59. The van der Waals surface area contributed by atoms with E-state index in [9.17, 15) is 20.1 Å². The van der Waals surface area contributed by atoms with Gasteiger partial charge in [-0.25, -0.2) is 0 Å². The van der Waals surface area contributed by atoms with Gasteiger partial charge in [-0.15, -0.1) is 0 Å². The molecule has 23 heavy (non-hydrogen) atoms. The number of hydrogen-bond acceptors (Lipinski definition) is 7. The number of ether oxygens (including phenoxy) is 2. The van der Waals surface area contributed by atoms with Crippen molar-refractivity contribution in [2.24, 2.45) is 5.92 Å². The number of Topliss-reactive ketones (excluding diaryl/α,β-unsaturated/α-hetero) is 1. The molecule has 2 aliphatic rings. The first kappa shape index (κ1) is 18.5. The predicted octanol–water partition coefficient (Wildman–Crippen LogP) is -0.492. The van der Waals surface area contributed by atoms with Gasteiger partial charge in [-0.05, 0) is 36.8 Å². The van der Waals surface area contributed by atoms with Gasteiger partial charge in [0.1, 0.15) is 24.4 Å². The van der Waals surface area contributed by atoms with E-state index in [4.69, 9.17) is 14.6 Å². The van der Waals surface area contributed by atoms with Crippen LogP contribution in [0.2, 0.25) is 0 Å². The molecule has 132 valence electrons. The lowest BCUT2D eigenvalue weighted by Gasteiger charge is -2.39. The third-order valence-corrected chi connectivity index (χ3v) is 4.59. The van der Waals surface area contributed by atoms with Crippen molar-refractivity contribution in [1.82, 2.24) is 0 Å². The molecule has 6 atom stereocenters. The molecule has 6 unspecified atom stereocenters. The Bertz CT molecular complexity index is 459. The van der Waals surface area contributed by atoms with Crippen molar-refractivity contribution in [2.45, 2.75) is 63.8 Å². The van der Waals surface area contributed by atoms with E-state index in [2.05, 4.69) is 6.92 Å². The first-order valence-electron chi connectivity index (χ1n) is 7.99. The van der Waals surface area contributed by atoms with Crippen molar-refractivity contribution in [3.05, 3.63) is 11.1 Å². The van der Waals surface area contributed by atoms with Gasteiger partial charge in [-0.2, -0.15) is 0 Å². The Morgan fingerprint density at radius 1 is 1.26 bits per heavy atom. The minimum atomic E-state index is -1.46. The zero-order chi connectivity index (χ0) is 17.1. The molecule has 0 aromatic carbocycles. The minimum Gasteiger partial charge on any atom is -0.394 e. The summed E-state index contributed by atoms with van der Waals surface area (Å²) in [5.41, 5.74) is 1.53. The Balaban J connectivity index is 1.98. The molecule has 1 aliphatic carbocycles. The lowest BCUT2D eigenvalue weighted by molar-refractivity contribution is -0.299. The molecule has 2 rings (SSSR count). The zero-order valence-corrected chi connectivity index (χ0v) is 13.5. The van der Waals surface area contributed by atoms with Crippen LogP contribution in [0, 0.1) is 5.92 Å². The summed E-state index contributed by atoms with van der Waals surface area (Å²) in [6, 6.07) is 0. The van der Waals surface area contributed by atoms with E-state index < -0.39 is 37.3 Å². The maximum Gasteiger partial charge on any atom is 0.187 e. The monoisotopic (exact) mass is 330 g/mol.